The van der Waals surface area contributed by atoms with Crippen molar-refractivity contribution < 1.29 is 31.5 Å². The molecule has 1 atom stereocenters. The number of ether oxygens (including phenoxy) is 1. The molecule has 2 nitrogen and oxygen atoms in total. The van der Waals surface area contributed by atoms with Gasteiger partial charge >= 0.3 is 12.1 Å². The van der Waals surface area contributed by atoms with E-state index >= 15 is 0 Å². The molecule has 0 saturated heterocycles. The fourth-order valence-corrected chi connectivity index (χ4v) is 1.56. The molecular formula is C10H11F5O2. The smallest absolute Gasteiger partial charge is 0.360 e. The van der Waals surface area contributed by atoms with Crippen LogP contribution in [0.1, 0.15) is 25.7 Å². The first-order valence-electron chi connectivity index (χ1n) is 5.08. The number of hydrogen-bond donors (Lipinski definition) is 0. The van der Waals surface area contributed by atoms with E-state index in [1.807, 2.05) is 6.42 Å². The molecular weight excluding hydrogens is 247 g/mol. The van der Waals surface area contributed by atoms with Crippen molar-refractivity contribution in [2.45, 2.75) is 50.0 Å². The van der Waals surface area contributed by atoms with Gasteiger partial charge in [-0.1, -0.05) is 0 Å². The first-order chi connectivity index (χ1) is 7.79. The molecule has 1 unspecified atom stereocenters. The molecule has 1 rings (SSSR count). The molecule has 0 spiro atoms. The van der Waals surface area contributed by atoms with Crippen molar-refractivity contribution in [1.29, 1.82) is 0 Å². The molecule has 1 aliphatic rings. The molecule has 1 saturated carbocycles. The third-order valence-corrected chi connectivity index (χ3v) is 2.53. The van der Waals surface area contributed by atoms with Gasteiger partial charge < -0.3 is 4.74 Å². The average Bonchev–Trinajstić information content (AvgIpc) is 2.25. The highest BCUT2D eigenvalue weighted by Gasteiger charge is 2.64. The summed E-state index contributed by atoms with van der Waals surface area (Å²) in [5.74, 6) is -5.20. The number of carbonyl (C=O) groups excluding carboxylic acids is 1. The Morgan fingerprint density at radius 2 is 1.71 bits per heavy atom. The zero-order valence-electron chi connectivity index (χ0n) is 8.77. The number of halogens is 5. The van der Waals surface area contributed by atoms with Crippen LogP contribution in [0, 0.1) is 6.42 Å². The summed E-state index contributed by atoms with van der Waals surface area (Å²) < 4.78 is 66.2. The standard InChI is InChI=1S/C10H11F5O2/c11-9(12,10(13,14)15)8(6-16)17-7-4-2-1-3-5-7/h1,7-8H,2-5H2. The first-order valence-corrected chi connectivity index (χ1v) is 5.08. The highest BCUT2D eigenvalue weighted by atomic mass is 19.4. The lowest BCUT2D eigenvalue weighted by Crippen LogP contribution is -2.50. The second-order valence-electron chi connectivity index (χ2n) is 3.82. The van der Waals surface area contributed by atoms with Gasteiger partial charge in [0.05, 0.1) is 6.10 Å². The summed E-state index contributed by atoms with van der Waals surface area (Å²) in [6.45, 7) is 0. The molecule has 0 N–H and O–H groups in total. The van der Waals surface area contributed by atoms with Crippen molar-refractivity contribution in [2.24, 2.45) is 0 Å². The Balaban J connectivity index is 2.67. The monoisotopic (exact) mass is 258 g/mol. The van der Waals surface area contributed by atoms with Crippen molar-refractivity contribution in [2.75, 3.05) is 0 Å². The second kappa shape index (κ2) is 5.29. The van der Waals surface area contributed by atoms with E-state index in [9.17, 15) is 26.7 Å². The van der Waals surface area contributed by atoms with Crippen LogP contribution in [0.15, 0.2) is 0 Å². The molecule has 0 heterocycles. The largest absolute Gasteiger partial charge is 0.456 e. The number of rotatable bonds is 4. The maximum Gasteiger partial charge on any atom is 0.456 e. The van der Waals surface area contributed by atoms with E-state index in [2.05, 4.69) is 4.74 Å². The van der Waals surface area contributed by atoms with Gasteiger partial charge in [-0.15, -0.1) is 0 Å². The minimum Gasteiger partial charge on any atom is -0.360 e. The summed E-state index contributed by atoms with van der Waals surface area (Å²) in [5, 5.41) is 0. The Labute approximate surface area is 95.1 Å². The maximum absolute atomic E-state index is 12.8. The first kappa shape index (κ1) is 14.3. The Kier molecular flexibility index (Phi) is 4.46. The summed E-state index contributed by atoms with van der Waals surface area (Å²) in [6, 6.07) is 0. The van der Waals surface area contributed by atoms with Crippen molar-refractivity contribution in [3.63, 3.8) is 0 Å². The van der Waals surface area contributed by atoms with Gasteiger partial charge in [0, 0.05) is 0 Å². The van der Waals surface area contributed by atoms with Crippen LogP contribution < -0.4 is 0 Å². The summed E-state index contributed by atoms with van der Waals surface area (Å²) in [4.78, 5) is 10.2. The zero-order chi connectivity index (χ0) is 13.1. The van der Waals surface area contributed by atoms with E-state index in [0.29, 0.717) is 32.0 Å². The topological polar surface area (TPSA) is 26.3 Å². The maximum atomic E-state index is 12.8. The Morgan fingerprint density at radius 3 is 2.12 bits per heavy atom. The van der Waals surface area contributed by atoms with E-state index in [-0.39, 0.29) is 0 Å². The predicted molar refractivity (Wildman–Crippen MR) is 48.1 cm³/mol. The Morgan fingerprint density at radius 1 is 1.18 bits per heavy atom. The molecule has 0 amide bonds. The summed E-state index contributed by atoms with van der Waals surface area (Å²) in [7, 11) is 0. The quantitative estimate of drug-likeness (QED) is 0.725. The fraction of sp³-hybridized carbons (Fsp3) is 0.800. The van der Waals surface area contributed by atoms with Crippen LogP contribution in [0.25, 0.3) is 0 Å². The molecule has 1 fully saturated rings. The van der Waals surface area contributed by atoms with Crippen LogP contribution in [0.2, 0.25) is 0 Å². The SMILES string of the molecule is O=[C]C(OC1CC[CH]CC1)C(F)(F)C(F)(F)F. The van der Waals surface area contributed by atoms with Gasteiger partial charge in [-0.05, 0) is 32.1 Å². The minimum atomic E-state index is -5.81. The molecule has 0 aromatic heterocycles. The van der Waals surface area contributed by atoms with Gasteiger partial charge in [0.15, 0.2) is 6.10 Å². The lowest BCUT2D eigenvalue weighted by Gasteiger charge is -2.29. The zero-order valence-corrected chi connectivity index (χ0v) is 8.77. The van der Waals surface area contributed by atoms with Gasteiger partial charge in [0.25, 0.3) is 0 Å². The second-order valence-corrected chi connectivity index (χ2v) is 3.82. The van der Waals surface area contributed by atoms with Crippen LogP contribution in [-0.2, 0) is 9.53 Å². The normalized spacial score (nSPS) is 21.2. The molecule has 0 aliphatic heterocycles. The van der Waals surface area contributed by atoms with Gasteiger partial charge in [0.2, 0.25) is 6.29 Å². The van der Waals surface area contributed by atoms with Crippen molar-refractivity contribution in [1.82, 2.24) is 0 Å². The third-order valence-electron chi connectivity index (χ3n) is 2.53. The summed E-state index contributed by atoms with van der Waals surface area (Å²) in [5.41, 5.74) is 0. The predicted octanol–water partition coefficient (Wildman–Crippen LogP) is 2.83. The third kappa shape index (κ3) is 3.37. The van der Waals surface area contributed by atoms with Crippen molar-refractivity contribution in [3.05, 3.63) is 6.42 Å². The van der Waals surface area contributed by atoms with E-state index in [1.54, 1.807) is 0 Å². The van der Waals surface area contributed by atoms with Crippen LogP contribution in [0.5, 0.6) is 0 Å². The van der Waals surface area contributed by atoms with Crippen molar-refractivity contribution in [3.8, 4) is 0 Å². The van der Waals surface area contributed by atoms with Crippen molar-refractivity contribution >= 4 is 6.29 Å². The molecule has 1 aliphatic carbocycles. The van der Waals surface area contributed by atoms with E-state index < -0.39 is 24.3 Å². The highest BCUT2D eigenvalue weighted by Crippen LogP contribution is 2.39. The molecule has 2 radical (unpaired) electrons. The number of hydrogen-bond acceptors (Lipinski definition) is 2. The van der Waals surface area contributed by atoms with E-state index in [4.69, 9.17) is 0 Å². The van der Waals surface area contributed by atoms with Crippen LogP contribution >= 0.6 is 0 Å². The van der Waals surface area contributed by atoms with E-state index in [1.165, 1.54) is 0 Å². The van der Waals surface area contributed by atoms with Crippen LogP contribution in [0.4, 0.5) is 22.0 Å². The van der Waals surface area contributed by atoms with Crippen LogP contribution in [0.3, 0.4) is 0 Å². The van der Waals surface area contributed by atoms with E-state index in [0.717, 1.165) is 0 Å². The Hall–Kier alpha value is -0.720. The summed E-state index contributed by atoms with van der Waals surface area (Å²) in [6.07, 6.45) is -5.08. The highest BCUT2D eigenvalue weighted by molar-refractivity contribution is 5.59. The van der Waals surface area contributed by atoms with Crippen LogP contribution in [-0.4, -0.2) is 30.6 Å². The number of alkyl halides is 5. The van der Waals surface area contributed by atoms with Gasteiger partial charge in [-0.2, -0.15) is 22.0 Å². The fourth-order valence-electron chi connectivity index (χ4n) is 1.56. The van der Waals surface area contributed by atoms with Gasteiger partial charge in [0.1, 0.15) is 0 Å². The molecule has 98 valence electrons. The van der Waals surface area contributed by atoms with Gasteiger partial charge in [-0.3, -0.25) is 4.79 Å². The molecule has 17 heavy (non-hydrogen) atoms. The average molecular weight is 258 g/mol. The lowest BCUT2D eigenvalue weighted by molar-refractivity contribution is -0.311. The molecule has 0 bridgehead atoms. The molecule has 0 aromatic carbocycles. The minimum absolute atomic E-state index is 0.339. The van der Waals surface area contributed by atoms with Gasteiger partial charge in [-0.25, -0.2) is 0 Å². The Bertz CT molecular complexity index is 258. The molecule has 0 aromatic rings. The lowest BCUT2D eigenvalue weighted by atomic mass is 9.97. The molecule has 7 heteroatoms. The summed E-state index contributed by atoms with van der Waals surface area (Å²) >= 11 is 0.